The molecule has 5 heteroatoms. The van der Waals surface area contributed by atoms with E-state index in [1.54, 1.807) is 7.11 Å². The molecule has 1 aromatic carbocycles. The third-order valence-electron chi connectivity index (χ3n) is 6.43. The standard InChI is InChI=1S/C22H30N2O3/c1-3-12-23-13-5-7-18(23)21(25)24-14-10-22(11-15-24)20-17(9-16-27-22)6-4-8-19(20)26-2/h3-4,6,8,18H,1,5,7,9-16H2,2H3/t18-/m0/s1. The Kier molecular flexibility index (Phi) is 5.24. The van der Waals surface area contributed by atoms with Crippen molar-refractivity contribution >= 4 is 5.91 Å². The molecule has 0 aromatic heterocycles. The van der Waals surface area contributed by atoms with E-state index < -0.39 is 0 Å². The number of fused-ring (bicyclic) bond motifs is 2. The van der Waals surface area contributed by atoms with Crippen LogP contribution in [-0.4, -0.2) is 61.6 Å². The molecule has 3 aliphatic rings. The van der Waals surface area contributed by atoms with E-state index >= 15 is 0 Å². The number of ether oxygens (including phenoxy) is 2. The first-order chi connectivity index (χ1) is 13.2. The molecule has 27 heavy (non-hydrogen) atoms. The van der Waals surface area contributed by atoms with E-state index in [-0.39, 0.29) is 17.6 Å². The zero-order valence-corrected chi connectivity index (χ0v) is 16.3. The zero-order chi connectivity index (χ0) is 18.9. The molecular weight excluding hydrogens is 340 g/mol. The van der Waals surface area contributed by atoms with Crippen LogP contribution in [0.15, 0.2) is 30.9 Å². The number of methoxy groups -OCH3 is 1. The Bertz CT molecular complexity index is 695. The first-order valence-corrected chi connectivity index (χ1v) is 10.1. The van der Waals surface area contributed by atoms with Crippen molar-refractivity contribution in [2.24, 2.45) is 0 Å². The predicted octanol–water partition coefficient (Wildman–Crippen LogP) is 2.74. The van der Waals surface area contributed by atoms with Crippen LogP contribution in [0.3, 0.4) is 0 Å². The van der Waals surface area contributed by atoms with Crippen LogP contribution in [0.2, 0.25) is 0 Å². The number of carbonyl (C=O) groups is 1. The summed E-state index contributed by atoms with van der Waals surface area (Å²) in [7, 11) is 1.73. The molecule has 146 valence electrons. The molecule has 1 aromatic rings. The minimum absolute atomic E-state index is 0.0196. The number of benzene rings is 1. The molecule has 1 amide bonds. The van der Waals surface area contributed by atoms with Gasteiger partial charge in [0.15, 0.2) is 0 Å². The Morgan fingerprint density at radius 2 is 2.19 bits per heavy atom. The van der Waals surface area contributed by atoms with E-state index in [4.69, 9.17) is 9.47 Å². The number of nitrogens with zero attached hydrogens (tertiary/aromatic N) is 2. The molecule has 3 heterocycles. The van der Waals surface area contributed by atoms with Crippen molar-refractivity contribution in [1.29, 1.82) is 0 Å². The molecule has 5 nitrogen and oxygen atoms in total. The molecule has 2 saturated heterocycles. The monoisotopic (exact) mass is 370 g/mol. The minimum atomic E-state index is -0.312. The van der Waals surface area contributed by atoms with Crippen LogP contribution < -0.4 is 4.74 Å². The number of hydrogen-bond donors (Lipinski definition) is 0. The summed E-state index contributed by atoms with van der Waals surface area (Å²) in [5, 5.41) is 0. The maximum absolute atomic E-state index is 13.1. The van der Waals surface area contributed by atoms with E-state index in [9.17, 15) is 4.79 Å². The SMILES string of the molecule is C=CCN1CCC[C@H]1C(=O)N1CCC2(CC1)OCCc1cccc(OC)c12. The fourth-order valence-corrected chi connectivity index (χ4v) is 5.08. The lowest BCUT2D eigenvalue weighted by Gasteiger charge is -2.46. The van der Waals surface area contributed by atoms with Gasteiger partial charge in [0.05, 0.1) is 19.8 Å². The van der Waals surface area contributed by atoms with Crippen molar-refractivity contribution < 1.29 is 14.3 Å². The highest BCUT2D eigenvalue weighted by atomic mass is 16.5. The molecule has 1 spiro atoms. The number of amides is 1. The van der Waals surface area contributed by atoms with E-state index in [1.165, 1.54) is 11.1 Å². The molecule has 2 fully saturated rings. The highest BCUT2D eigenvalue weighted by Gasteiger charge is 2.45. The van der Waals surface area contributed by atoms with Crippen LogP contribution in [0, 0.1) is 0 Å². The van der Waals surface area contributed by atoms with Gasteiger partial charge in [0.2, 0.25) is 5.91 Å². The number of carbonyl (C=O) groups excluding carboxylic acids is 1. The maximum atomic E-state index is 13.1. The van der Waals surface area contributed by atoms with Crippen molar-refractivity contribution in [3.8, 4) is 5.75 Å². The first-order valence-electron chi connectivity index (χ1n) is 10.1. The fourth-order valence-electron chi connectivity index (χ4n) is 5.08. The molecule has 0 unspecified atom stereocenters. The molecule has 4 rings (SSSR count). The summed E-state index contributed by atoms with van der Waals surface area (Å²) in [4.78, 5) is 17.4. The minimum Gasteiger partial charge on any atom is -0.496 e. The second-order valence-corrected chi connectivity index (χ2v) is 7.85. The second kappa shape index (κ2) is 7.64. The first kappa shape index (κ1) is 18.5. The van der Waals surface area contributed by atoms with Crippen LogP contribution in [0.5, 0.6) is 5.75 Å². The molecular formula is C22H30N2O3. The number of hydrogen-bond acceptors (Lipinski definition) is 4. The van der Waals surface area contributed by atoms with Crippen LogP contribution in [0.4, 0.5) is 0 Å². The molecule has 1 atom stereocenters. The summed E-state index contributed by atoms with van der Waals surface area (Å²) >= 11 is 0. The van der Waals surface area contributed by atoms with Crippen molar-refractivity contribution in [3.63, 3.8) is 0 Å². The maximum Gasteiger partial charge on any atom is 0.239 e. The van der Waals surface area contributed by atoms with E-state index in [0.717, 1.165) is 70.6 Å². The lowest BCUT2D eigenvalue weighted by molar-refractivity contribution is -0.145. The van der Waals surface area contributed by atoms with Crippen LogP contribution in [0.1, 0.15) is 36.8 Å². The lowest BCUT2D eigenvalue weighted by Crippen LogP contribution is -2.52. The van der Waals surface area contributed by atoms with E-state index in [1.807, 2.05) is 17.0 Å². The van der Waals surface area contributed by atoms with E-state index in [0.29, 0.717) is 0 Å². The van der Waals surface area contributed by atoms with Gasteiger partial charge in [-0.2, -0.15) is 0 Å². The normalized spacial score (nSPS) is 24.6. The topological polar surface area (TPSA) is 42.0 Å². The number of likely N-dealkylation sites (tertiary alicyclic amines) is 2. The third-order valence-corrected chi connectivity index (χ3v) is 6.43. The van der Waals surface area contributed by atoms with Gasteiger partial charge >= 0.3 is 0 Å². The molecule has 3 aliphatic heterocycles. The highest BCUT2D eigenvalue weighted by molar-refractivity contribution is 5.82. The fraction of sp³-hybridized carbons (Fsp3) is 0.591. The van der Waals surface area contributed by atoms with Gasteiger partial charge in [-0.15, -0.1) is 6.58 Å². The molecule has 0 saturated carbocycles. The molecule has 0 N–H and O–H groups in total. The third kappa shape index (κ3) is 3.27. The Balaban J connectivity index is 1.50. The summed E-state index contributed by atoms with van der Waals surface area (Å²) in [6, 6.07) is 6.29. The van der Waals surface area contributed by atoms with Crippen LogP contribution in [-0.2, 0) is 21.6 Å². The summed E-state index contributed by atoms with van der Waals surface area (Å²) < 4.78 is 12.0. The largest absolute Gasteiger partial charge is 0.496 e. The van der Waals surface area contributed by atoms with E-state index in [2.05, 4.69) is 23.6 Å². The Morgan fingerprint density at radius 3 is 2.93 bits per heavy atom. The average Bonchev–Trinajstić information content (AvgIpc) is 3.16. The van der Waals surface area contributed by atoms with Crippen LogP contribution in [0.25, 0.3) is 0 Å². The van der Waals surface area contributed by atoms with Crippen molar-refractivity contribution in [3.05, 3.63) is 42.0 Å². The smallest absolute Gasteiger partial charge is 0.239 e. The molecule has 0 aliphatic carbocycles. The van der Waals surface area contributed by atoms with Gasteiger partial charge in [0.1, 0.15) is 11.4 Å². The zero-order valence-electron chi connectivity index (χ0n) is 16.3. The summed E-state index contributed by atoms with van der Waals surface area (Å²) in [5.41, 5.74) is 2.22. The predicted molar refractivity (Wildman–Crippen MR) is 105 cm³/mol. The quantitative estimate of drug-likeness (QED) is 0.765. The van der Waals surface area contributed by atoms with Gasteiger partial charge in [-0.3, -0.25) is 9.69 Å². The van der Waals surface area contributed by atoms with Gasteiger partial charge in [0, 0.05) is 25.2 Å². The Labute approximate surface area is 161 Å². The summed E-state index contributed by atoms with van der Waals surface area (Å²) in [6.45, 7) is 7.85. The Morgan fingerprint density at radius 1 is 1.37 bits per heavy atom. The van der Waals surface area contributed by atoms with Crippen molar-refractivity contribution in [2.75, 3.05) is 39.9 Å². The molecule has 0 radical (unpaired) electrons. The number of rotatable bonds is 4. The summed E-state index contributed by atoms with van der Waals surface area (Å²) in [6.07, 6.45) is 6.54. The van der Waals surface area contributed by atoms with Gasteiger partial charge in [-0.25, -0.2) is 0 Å². The van der Waals surface area contributed by atoms with Gasteiger partial charge in [0.25, 0.3) is 0 Å². The summed E-state index contributed by atoms with van der Waals surface area (Å²) in [5.74, 6) is 1.19. The van der Waals surface area contributed by atoms with Gasteiger partial charge in [-0.05, 0) is 50.3 Å². The Hall–Kier alpha value is -1.85. The second-order valence-electron chi connectivity index (χ2n) is 7.85. The highest BCUT2D eigenvalue weighted by Crippen LogP contribution is 2.46. The number of piperidine rings is 1. The molecule has 0 bridgehead atoms. The van der Waals surface area contributed by atoms with Gasteiger partial charge in [-0.1, -0.05) is 18.2 Å². The van der Waals surface area contributed by atoms with Gasteiger partial charge < -0.3 is 14.4 Å². The van der Waals surface area contributed by atoms with Crippen LogP contribution >= 0.6 is 0 Å². The van der Waals surface area contributed by atoms with Crippen molar-refractivity contribution in [2.45, 2.75) is 43.7 Å². The average molecular weight is 370 g/mol. The lowest BCUT2D eigenvalue weighted by atomic mass is 9.78. The van der Waals surface area contributed by atoms with Crippen molar-refractivity contribution in [1.82, 2.24) is 9.80 Å².